The van der Waals surface area contributed by atoms with Crippen LogP contribution in [0, 0.1) is 6.57 Å². The fourth-order valence-electron chi connectivity index (χ4n) is 14.1. The van der Waals surface area contributed by atoms with Crippen LogP contribution in [0.15, 0.2) is 60.7 Å². The van der Waals surface area contributed by atoms with Crippen LogP contribution in [0.5, 0.6) is 40.2 Å². The fourth-order valence-corrected chi connectivity index (χ4v) is 14.1. The average Bonchev–Trinajstić information content (AvgIpc) is 0.728. The van der Waals surface area contributed by atoms with Gasteiger partial charge in [-0.3, -0.25) is 0 Å². The van der Waals surface area contributed by atoms with Crippen LogP contribution in [-0.4, -0.2) is 46.2 Å². The summed E-state index contributed by atoms with van der Waals surface area (Å²) in [5.41, 5.74) is 0.632. The third kappa shape index (κ3) is 37.6. The Balaban J connectivity index is 1.52. The summed E-state index contributed by atoms with van der Waals surface area (Å²) in [5.74, 6) is 5.74. The predicted molar refractivity (Wildman–Crippen MR) is 428 cm³/mol. The van der Waals surface area contributed by atoms with E-state index in [4.69, 9.17) is 39.7 Å². The maximum Gasteiger partial charge on any atom is 0.187 e. The van der Waals surface area contributed by atoms with Crippen molar-refractivity contribution >= 4 is 38.0 Å². The SMILES string of the molecule is [C-]#[N+]c1ccc(OCCCCCCOc2cc3c4cc(OCCCCCCCCCCCC)c(OCCCCCCCCCCCC)cc4c4cc(OCCCCCCCCCCCC)c(OCCCCCCCCCCCC)cc4c3cc2OCCCCCCCCCCCC)cc1. The summed E-state index contributed by atoms with van der Waals surface area (Å²) < 4.78 is 47.9. The van der Waals surface area contributed by atoms with E-state index >= 15 is 0 Å². The third-order valence-electron chi connectivity index (χ3n) is 20.4. The molecule has 0 N–H and O–H groups in total. The average molecular weight is 1370 g/mol. The minimum Gasteiger partial charge on any atom is -0.494 e. The predicted octanol–water partition coefficient (Wildman–Crippen LogP) is 30.2. The van der Waals surface area contributed by atoms with Gasteiger partial charge in [-0.1, -0.05) is 336 Å². The molecule has 0 bridgehead atoms. The number of benzene rings is 5. The lowest BCUT2D eigenvalue weighted by atomic mass is 9.93. The van der Waals surface area contributed by atoms with E-state index in [1.165, 1.54) is 283 Å². The standard InChI is InChI=1S/C91H147NO7/c1-7-12-17-22-27-32-37-42-47-55-66-94-86-72-80-81-73-87(95-67-56-48-43-38-33-28-23-18-13-8-2)89(97-69-58-50-45-40-35-30-25-20-15-10-4)75-83(81)85-77-91(99-71-60-53-52-54-65-93-79-63-61-78(92-6)62-64-79)90(98-70-59-51-46-41-36-31-26-21-16-11-5)76-84(85)82(80)74-88(86)96-68-57-49-44-39-34-29-24-19-14-9-3/h61-64,72-77H,7-60,65-71H2,1-5H3. The van der Waals surface area contributed by atoms with Crippen molar-refractivity contribution in [1.82, 2.24) is 0 Å². The Kier molecular flexibility index (Phi) is 50.0. The Hall–Kier alpha value is -5.03. The molecule has 0 aliphatic carbocycles. The molecule has 5 aromatic carbocycles. The largest absolute Gasteiger partial charge is 0.494 e. The number of hydrogen-bond acceptors (Lipinski definition) is 7. The van der Waals surface area contributed by atoms with Crippen LogP contribution >= 0.6 is 0 Å². The van der Waals surface area contributed by atoms with Gasteiger partial charge in [0.25, 0.3) is 0 Å². The molecular weight excluding hydrogens is 1220 g/mol. The van der Waals surface area contributed by atoms with Crippen molar-refractivity contribution in [2.75, 3.05) is 46.2 Å². The Morgan fingerprint density at radius 1 is 0.202 bits per heavy atom. The van der Waals surface area contributed by atoms with Crippen LogP contribution in [0.1, 0.15) is 381 Å². The summed E-state index contributed by atoms with van der Waals surface area (Å²) >= 11 is 0. The van der Waals surface area contributed by atoms with Gasteiger partial charge in [0.05, 0.1) is 52.8 Å². The molecule has 0 atom stereocenters. The fraction of sp³-hybridized carbons (Fsp3) is 0.725. The Labute approximate surface area is 607 Å². The van der Waals surface area contributed by atoms with Crippen LogP contribution in [0.3, 0.4) is 0 Å². The maximum atomic E-state index is 7.31. The maximum absolute atomic E-state index is 7.31. The highest BCUT2D eigenvalue weighted by Crippen LogP contribution is 2.48. The highest BCUT2D eigenvalue weighted by Gasteiger charge is 2.21. The molecule has 0 saturated carbocycles. The van der Waals surface area contributed by atoms with Crippen molar-refractivity contribution in [3.63, 3.8) is 0 Å². The minimum atomic E-state index is 0.589. The van der Waals surface area contributed by atoms with Gasteiger partial charge in [0.1, 0.15) is 5.75 Å². The quantitative estimate of drug-likeness (QED) is 0.0218. The topological polar surface area (TPSA) is 69.0 Å². The van der Waals surface area contributed by atoms with Gasteiger partial charge in [0, 0.05) is 0 Å². The summed E-state index contributed by atoms with van der Waals surface area (Å²) in [6.07, 6.45) is 68.2. The van der Waals surface area contributed by atoms with Crippen molar-refractivity contribution < 1.29 is 33.2 Å². The molecule has 0 saturated heterocycles. The summed E-state index contributed by atoms with van der Waals surface area (Å²) in [4.78, 5) is 3.53. The first-order chi connectivity index (χ1) is 49.0. The molecule has 0 aliphatic rings. The monoisotopic (exact) mass is 1370 g/mol. The minimum absolute atomic E-state index is 0.589. The van der Waals surface area contributed by atoms with Gasteiger partial charge in [-0.25, -0.2) is 4.85 Å². The number of fused-ring (bicyclic) bond motifs is 6. The van der Waals surface area contributed by atoms with Gasteiger partial charge in [-0.05, 0) is 139 Å². The molecule has 0 heterocycles. The molecule has 0 aromatic heterocycles. The molecule has 8 heteroatoms. The smallest absolute Gasteiger partial charge is 0.187 e. The molecule has 558 valence electrons. The zero-order valence-electron chi connectivity index (χ0n) is 64.7. The second kappa shape index (κ2) is 58.5. The molecule has 0 spiro atoms. The van der Waals surface area contributed by atoms with E-state index in [2.05, 4.69) is 75.9 Å². The van der Waals surface area contributed by atoms with Crippen LogP contribution < -0.4 is 33.2 Å². The van der Waals surface area contributed by atoms with Crippen LogP contribution in [0.25, 0.3) is 37.2 Å². The molecular formula is C91H147NO7. The molecule has 0 amide bonds. The van der Waals surface area contributed by atoms with E-state index in [9.17, 15) is 0 Å². The number of ether oxygens (including phenoxy) is 7. The molecule has 99 heavy (non-hydrogen) atoms. The van der Waals surface area contributed by atoms with E-state index in [0.717, 1.165) is 137 Å². The van der Waals surface area contributed by atoms with E-state index < -0.39 is 0 Å². The molecule has 5 rings (SSSR count). The molecule has 0 aliphatic heterocycles. The molecule has 0 unspecified atom stereocenters. The second-order valence-corrected chi connectivity index (χ2v) is 29.4. The lowest BCUT2D eigenvalue weighted by molar-refractivity contribution is 0.256. The summed E-state index contributed by atoms with van der Waals surface area (Å²) in [6.45, 7) is 23.3. The number of nitrogens with zero attached hydrogens (tertiary/aromatic N) is 1. The normalized spacial score (nSPS) is 11.5. The second-order valence-electron chi connectivity index (χ2n) is 29.4. The van der Waals surface area contributed by atoms with Crippen LogP contribution in [0.4, 0.5) is 5.69 Å². The van der Waals surface area contributed by atoms with Gasteiger partial charge in [0.15, 0.2) is 40.2 Å². The van der Waals surface area contributed by atoms with Crippen molar-refractivity contribution in [1.29, 1.82) is 0 Å². The highest BCUT2D eigenvalue weighted by molar-refractivity contribution is 6.27. The number of unbranched alkanes of at least 4 members (excludes halogenated alkanes) is 48. The van der Waals surface area contributed by atoms with E-state index in [1.54, 1.807) is 0 Å². The number of rotatable bonds is 69. The van der Waals surface area contributed by atoms with Crippen molar-refractivity contribution in [2.45, 2.75) is 381 Å². The van der Waals surface area contributed by atoms with E-state index in [-0.39, 0.29) is 0 Å². The van der Waals surface area contributed by atoms with Crippen LogP contribution in [-0.2, 0) is 0 Å². The van der Waals surface area contributed by atoms with E-state index in [0.29, 0.717) is 51.9 Å². The molecule has 0 fully saturated rings. The first kappa shape index (κ1) is 84.6. The summed E-state index contributed by atoms with van der Waals surface area (Å²) in [7, 11) is 0. The third-order valence-corrected chi connectivity index (χ3v) is 20.4. The number of hydrogen-bond donors (Lipinski definition) is 0. The van der Waals surface area contributed by atoms with Crippen molar-refractivity contribution in [2.24, 2.45) is 0 Å². The Bertz CT molecular complexity index is 2720. The first-order valence-corrected chi connectivity index (χ1v) is 42.5. The molecule has 0 radical (unpaired) electrons. The zero-order chi connectivity index (χ0) is 69.9. The van der Waals surface area contributed by atoms with Gasteiger partial charge in [-0.2, -0.15) is 0 Å². The van der Waals surface area contributed by atoms with Crippen LogP contribution in [0.2, 0.25) is 0 Å². The molecule has 8 nitrogen and oxygen atoms in total. The molecule has 5 aromatic rings. The van der Waals surface area contributed by atoms with Crippen molar-refractivity contribution in [3.8, 4) is 40.2 Å². The first-order valence-electron chi connectivity index (χ1n) is 42.5. The zero-order valence-corrected chi connectivity index (χ0v) is 64.7. The van der Waals surface area contributed by atoms with Gasteiger partial charge < -0.3 is 33.2 Å². The lowest BCUT2D eigenvalue weighted by Gasteiger charge is -2.21. The van der Waals surface area contributed by atoms with Gasteiger partial charge in [-0.15, -0.1) is 0 Å². The van der Waals surface area contributed by atoms with Crippen molar-refractivity contribution in [3.05, 3.63) is 72.1 Å². The summed E-state index contributed by atoms with van der Waals surface area (Å²) in [5, 5.41) is 6.74. The van der Waals surface area contributed by atoms with Gasteiger partial charge in [0.2, 0.25) is 0 Å². The summed E-state index contributed by atoms with van der Waals surface area (Å²) in [6, 6.07) is 21.2. The van der Waals surface area contributed by atoms with E-state index in [1.807, 2.05) is 24.3 Å². The Morgan fingerprint density at radius 3 is 0.515 bits per heavy atom. The highest BCUT2D eigenvalue weighted by atomic mass is 16.5. The lowest BCUT2D eigenvalue weighted by Crippen LogP contribution is -2.05. The Morgan fingerprint density at radius 2 is 0.354 bits per heavy atom. The van der Waals surface area contributed by atoms with Gasteiger partial charge >= 0.3 is 0 Å².